The number of carboxylic acids is 1. The molecule has 0 radical (unpaired) electrons. The van der Waals surface area contributed by atoms with E-state index in [9.17, 15) is 9.59 Å². The molecule has 0 aromatic heterocycles. The van der Waals surface area contributed by atoms with Gasteiger partial charge in [-0.3, -0.25) is 9.59 Å². The number of ether oxygens (including phenoxy) is 1. The first-order valence-corrected chi connectivity index (χ1v) is 5.82. The van der Waals surface area contributed by atoms with Gasteiger partial charge in [0.15, 0.2) is 0 Å². The van der Waals surface area contributed by atoms with E-state index in [0.29, 0.717) is 5.69 Å². The van der Waals surface area contributed by atoms with Gasteiger partial charge >= 0.3 is 5.97 Å². The fraction of sp³-hybridized carbons (Fsp3) is 0.385. The highest BCUT2D eigenvalue weighted by Gasteiger charge is 2.17. The van der Waals surface area contributed by atoms with Crippen LogP contribution in [0.15, 0.2) is 18.2 Å². The van der Waals surface area contributed by atoms with Gasteiger partial charge < -0.3 is 14.7 Å². The molecule has 1 aromatic rings. The summed E-state index contributed by atoms with van der Waals surface area (Å²) in [6.07, 6.45) is 1.39. The zero-order chi connectivity index (χ0) is 13.1. The Morgan fingerprint density at radius 2 is 2.22 bits per heavy atom. The van der Waals surface area contributed by atoms with E-state index in [4.69, 9.17) is 9.84 Å². The van der Waals surface area contributed by atoms with Gasteiger partial charge in [-0.05, 0) is 36.6 Å². The molecule has 1 aliphatic heterocycles. The van der Waals surface area contributed by atoms with Gasteiger partial charge in [0.25, 0.3) is 0 Å². The van der Waals surface area contributed by atoms with Crippen molar-refractivity contribution in [3.63, 3.8) is 0 Å². The SMILES string of the molecule is CN(C(=O)CC(=O)O)c1ccc2c(c1)CCCO2. The van der Waals surface area contributed by atoms with E-state index in [0.717, 1.165) is 30.8 Å². The molecule has 1 N–H and O–H groups in total. The number of aliphatic carboxylic acids is 1. The molecule has 5 nitrogen and oxygen atoms in total. The molecule has 2 rings (SSSR count). The van der Waals surface area contributed by atoms with Crippen molar-refractivity contribution in [2.24, 2.45) is 0 Å². The van der Waals surface area contributed by atoms with Crippen LogP contribution in [0.4, 0.5) is 5.69 Å². The number of fused-ring (bicyclic) bond motifs is 1. The second-order valence-electron chi connectivity index (χ2n) is 4.27. The Morgan fingerprint density at radius 3 is 2.94 bits per heavy atom. The third kappa shape index (κ3) is 2.61. The molecule has 0 fully saturated rings. The van der Waals surface area contributed by atoms with Crippen LogP contribution in [0.5, 0.6) is 5.75 Å². The molecule has 1 aromatic carbocycles. The number of carbonyl (C=O) groups excluding carboxylic acids is 1. The summed E-state index contributed by atoms with van der Waals surface area (Å²) in [5, 5.41) is 8.60. The third-order valence-corrected chi connectivity index (χ3v) is 2.96. The summed E-state index contributed by atoms with van der Waals surface area (Å²) >= 11 is 0. The Bertz CT molecular complexity index is 484. The van der Waals surface area contributed by atoms with Gasteiger partial charge in [0.1, 0.15) is 12.2 Å². The summed E-state index contributed by atoms with van der Waals surface area (Å²) in [6, 6.07) is 5.48. The minimum atomic E-state index is -1.12. The van der Waals surface area contributed by atoms with E-state index in [1.54, 1.807) is 13.1 Å². The summed E-state index contributed by atoms with van der Waals surface area (Å²) in [4.78, 5) is 23.5. The molecule has 1 amide bonds. The monoisotopic (exact) mass is 249 g/mol. The standard InChI is InChI=1S/C13H15NO4/c1-14(12(15)8-13(16)17)10-4-5-11-9(7-10)3-2-6-18-11/h4-5,7H,2-3,6,8H2,1H3,(H,16,17). The van der Waals surface area contributed by atoms with Gasteiger partial charge in [0.2, 0.25) is 5.91 Å². The van der Waals surface area contributed by atoms with Crippen LogP contribution in [-0.2, 0) is 16.0 Å². The van der Waals surface area contributed by atoms with Crippen molar-refractivity contribution in [3.8, 4) is 5.75 Å². The Balaban J connectivity index is 2.18. The number of hydrogen-bond acceptors (Lipinski definition) is 3. The Hall–Kier alpha value is -2.04. The topological polar surface area (TPSA) is 66.8 Å². The maximum atomic E-state index is 11.6. The number of hydrogen-bond donors (Lipinski definition) is 1. The molecule has 0 saturated carbocycles. The second kappa shape index (κ2) is 5.08. The molecular formula is C13H15NO4. The van der Waals surface area contributed by atoms with Crippen LogP contribution in [0, 0.1) is 0 Å². The molecule has 5 heteroatoms. The van der Waals surface area contributed by atoms with Crippen molar-refractivity contribution in [1.82, 2.24) is 0 Å². The number of nitrogens with zero attached hydrogens (tertiary/aromatic N) is 1. The van der Waals surface area contributed by atoms with Crippen LogP contribution in [0.25, 0.3) is 0 Å². The van der Waals surface area contributed by atoms with Crippen molar-refractivity contribution >= 4 is 17.6 Å². The molecule has 0 unspecified atom stereocenters. The number of rotatable bonds is 3. The quantitative estimate of drug-likeness (QED) is 0.823. The van der Waals surface area contributed by atoms with Crippen LogP contribution in [0.3, 0.4) is 0 Å². The molecule has 0 bridgehead atoms. The molecule has 96 valence electrons. The van der Waals surface area contributed by atoms with Crippen molar-refractivity contribution in [1.29, 1.82) is 0 Å². The minimum absolute atomic E-state index is 0.431. The summed E-state index contributed by atoms with van der Waals surface area (Å²) in [7, 11) is 1.58. The van der Waals surface area contributed by atoms with E-state index in [-0.39, 0.29) is 0 Å². The first kappa shape index (κ1) is 12.4. The van der Waals surface area contributed by atoms with Gasteiger partial charge in [-0.1, -0.05) is 0 Å². The first-order valence-electron chi connectivity index (χ1n) is 5.82. The zero-order valence-corrected chi connectivity index (χ0v) is 10.2. The molecular weight excluding hydrogens is 234 g/mol. The predicted molar refractivity (Wildman–Crippen MR) is 65.9 cm³/mol. The second-order valence-corrected chi connectivity index (χ2v) is 4.27. The summed E-state index contributed by atoms with van der Waals surface area (Å²) < 4.78 is 5.49. The number of anilines is 1. The fourth-order valence-corrected chi connectivity index (χ4v) is 1.95. The molecule has 1 heterocycles. The van der Waals surface area contributed by atoms with Gasteiger partial charge in [0, 0.05) is 12.7 Å². The highest BCUT2D eigenvalue weighted by Crippen LogP contribution is 2.28. The van der Waals surface area contributed by atoms with Crippen LogP contribution in [0.2, 0.25) is 0 Å². The third-order valence-electron chi connectivity index (χ3n) is 2.96. The number of carbonyl (C=O) groups is 2. The van der Waals surface area contributed by atoms with E-state index in [2.05, 4.69) is 0 Å². The van der Waals surface area contributed by atoms with Crippen LogP contribution >= 0.6 is 0 Å². The average molecular weight is 249 g/mol. The summed E-state index contributed by atoms with van der Waals surface area (Å²) in [5.74, 6) is -0.698. The van der Waals surface area contributed by atoms with Gasteiger partial charge in [-0.15, -0.1) is 0 Å². The fourth-order valence-electron chi connectivity index (χ4n) is 1.95. The number of benzene rings is 1. The van der Waals surface area contributed by atoms with Crippen molar-refractivity contribution in [2.45, 2.75) is 19.3 Å². The van der Waals surface area contributed by atoms with Gasteiger partial charge in [-0.25, -0.2) is 0 Å². The van der Waals surface area contributed by atoms with E-state index in [1.807, 2.05) is 12.1 Å². The normalized spacial score (nSPS) is 13.4. The highest BCUT2D eigenvalue weighted by atomic mass is 16.5. The molecule has 0 saturated heterocycles. The smallest absolute Gasteiger partial charge is 0.312 e. The number of aryl methyl sites for hydroxylation is 1. The average Bonchev–Trinajstić information content (AvgIpc) is 2.36. The highest BCUT2D eigenvalue weighted by molar-refractivity contribution is 6.02. The van der Waals surface area contributed by atoms with Crippen LogP contribution < -0.4 is 9.64 Å². The number of carboxylic acid groups (broad SMARTS) is 1. The predicted octanol–water partition coefficient (Wildman–Crippen LogP) is 1.45. The van der Waals surface area contributed by atoms with Gasteiger partial charge in [-0.2, -0.15) is 0 Å². The van der Waals surface area contributed by atoms with E-state index in [1.165, 1.54) is 4.90 Å². The lowest BCUT2D eigenvalue weighted by molar-refractivity contribution is -0.140. The van der Waals surface area contributed by atoms with Crippen LogP contribution in [0.1, 0.15) is 18.4 Å². The maximum absolute atomic E-state index is 11.6. The van der Waals surface area contributed by atoms with E-state index >= 15 is 0 Å². The summed E-state index contributed by atoms with van der Waals surface area (Å²) in [6.45, 7) is 0.722. The van der Waals surface area contributed by atoms with E-state index < -0.39 is 18.3 Å². The Morgan fingerprint density at radius 1 is 1.44 bits per heavy atom. The molecule has 18 heavy (non-hydrogen) atoms. The lowest BCUT2D eigenvalue weighted by Gasteiger charge is -2.21. The summed E-state index contributed by atoms with van der Waals surface area (Å²) in [5.41, 5.74) is 1.76. The first-order chi connectivity index (χ1) is 8.58. The van der Waals surface area contributed by atoms with Crippen molar-refractivity contribution in [3.05, 3.63) is 23.8 Å². The Labute approximate surface area is 105 Å². The van der Waals surface area contributed by atoms with Gasteiger partial charge in [0.05, 0.1) is 6.61 Å². The molecule has 0 spiro atoms. The largest absolute Gasteiger partial charge is 0.493 e. The minimum Gasteiger partial charge on any atom is -0.493 e. The zero-order valence-electron chi connectivity index (χ0n) is 10.2. The lowest BCUT2D eigenvalue weighted by Crippen LogP contribution is -2.28. The molecule has 1 aliphatic rings. The molecule has 0 atom stereocenters. The Kier molecular flexibility index (Phi) is 3.50. The van der Waals surface area contributed by atoms with Crippen molar-refractivity contribution in [2.75, 3.05) is 18.6 Å². The molecule has 0 aliphatic carbocycles. The number of amides is 1. The maximum Gasteiger partial charge on any atom is 0.312 e. The lowest BCUT2D eigenvalue weighted by atomic mass is 10.1. The van der Waals surface area contributed by atoms with Crippen LogP contribution in [-0.4, -0.2) is 30.6 Å². The van der Waals surface area contributed by atoms with Crippen molar-refractivity contribution < 1.29 is 19.4 Å².